The van der Waals surface area contributed by atoms with E-state index in [1.54, 1.807) is 30.5 Å². The fourth-order valence-electron chi connectivity index (χ4n) is 4.38. The Balaban J connectivity index is 0.00000456. The Morgan fingerprint density at radius 2 is 2.00 bits per heavy atom. The Hall–Kier alpha value is -2.72. The highest BCUT2D eigenvalue weighted by atomic mass is 32.2. The number of nitrogens with zero attached hydrogens (tertiary/aromatic N) is 3. The lowest BCUT2D eigenvalue weighted by molar-refractivity contribution is 0.0981. The number of hydrogen-bond acceptors (Lipinski definition) is 8. The van der Waals surface area contributed by atoms with Gasteiger partial charge in [-0.05, 0) is 63.3 Å². The molecule has 2 N–H and O–H groups in total. The van der Waals surface area contributed by atoms with Crippen LogP contribution in [0.1, 0.15) is 65.2 Å². The third-order valence-corrected chi connectivity index (χ3v) is 7.23. The van der Waals surface area contributed by atoms with Crippen LogP contribution in [-0.4, -0.2) is 56.1 Å². The predicted octanol–water partition coefficient (Wildman–Crippen LogP) is 4.08. The van der Waals surface area contributed by atoms with Gasteiger partial charge in [-0.2, -0.15) is 8.42 Å². The van der Waals surface area contributed by atoms with E-state index in [9.17, 15) is 13.2 Å². The van der Waals surface area contributed by atoms with Gasteiger partial charge in [-0.25, -0.2) is 14.7 Å². The first-order chi connectivity index (χ1) is 16.6. The fourth-order valence-corrected chi connectivity index (χ4v) is 5.31. The van der Waals surface area contributed by atoms with Crippen molar-refractivity contribution in [2.45, 2.75) is 63.9 Å². The molecule has 1 amide bonds. The summed E-state index contributed by atoms with van der Waals surface area (Å²) in [4.78, 5) is 23.8. The van der Waals surface area contributed by atoms with Crippen molar-refractivity contribution in [2.75, 3.05) is 36.5 Å². The van der Waals surface area contributed by atoms with E-state index in [1.807, 2.05) is 0 Å². The van der Waals surface area contributed by atoms with Crippen LogP contribution >= 0.6 is 0 Å². The Labute approximate surface area is 210 Å². The molecule has 9 nitrogen and oxygen atoms in total. The number of rotatable bonds is 12. The summed E-state index contributed by atoms with van der Waals surface area (Å²) in [5.74, 6) is 0.615. The quantitative estimate of drug-likeness (QED) is 0.415. The van der Waals surface area contributed by atoms with Crippen LogP contribution in [-0.2, 0) is 14.8 Å². The monoisotopic (exact) mass is 505 g/mol. The Morgan fingerprint density at radius 3 is 2.71 bits per heavy atom. The van der Waals surface area contributed by atoms with Crippen LogP contribution in [0.2, 0.25) is 0 Å². The maximum atomic E-state index is 13.1. The molecule has 1 aliphatic heterocycles. The van der Waals surface area contributed by atoms with Crippen molar-refractivity contribution in [3.63, 3.8) is 0 Å². The first kappa shape index (κ1) is 26.9. The van der Waals surface area contributed by atoms with Gasteiger partial charge in [0, 0.05) is 39.5 Å². The number of unbranched alkanes of at least 4 members (excludes halogenated alkanes) is 1. The summed E-state index contributed by atoms with van der Waals surface area (Å²) in [6.07, 6.45) is 5.48. The number of nitrogens with one attached hydrogen (secondary N) is 2. The van der Waals surface area contributed by atoms with Crippen molar-refractivity contribution in [2.24, 2.45) is 5.92 Å². The lowest BCUT2D eigenvalue weighted by Crippen LogP contribution is -2.41. The van der Waals surface area contributed by atoms with Crippen molar-refractivity contribution in [3.8, 4) is 0 Å². The maximum Gasteiger partial charge on any atom is 0.281 e. The Morgan fingerprint density at radius 1 is 1.23 bits per heavy atom. The highest BCUT2D eigenvalue weighted by Crippen LogP contribution is 2.37. The lowest BCUT2D eigenvalue weighted by Gasteiger charge is -2.33. The van der Waals surface area contributed by atoms with E-state index in [1.165, 1.54) is 6.07 Å². The van der Waals surface area contributed by atoms with Gasteiger partial charge in [0.05, 0.1) is 5.56 Å². The SMILES string of the molecule is CCCCOCCCNc1cccc(S(=O)(=O)NC(=O)c2cccnc2N2CC(C)CC2(C)C)n1.[HH]. The van der Waals surface area contributed by atoms with Gasteiger partial charge >= 0.3 is 0 Å². The summed E-state index contributed by atoms with van der Waals surface area (Å²) in [5.41, 5.74) is 0.0279. The van der Waals surface area contributed by atoms with Crippen molar-refractivity contribution in [3.05, 3.63) is 42.1 Å². The van der Waals surface area contributed by atoms with Crippen LogP contribution in [0.15, 0.2) is 41.6 Å². The average Bonchev–Trinajstić information content (AvgIpc) is 3.10. The molecule has 0 radical (unpaired) electrons. The van der Waals surface area contributed by atoms with Gasteiger partial charge in [0.25, 0.3) is 15.9 Å². The molecular formula is C25H39N5O4S. The topological polar surface area (TPSA) is 114 Å². The summed E-state index contributed by atoms with van der Waals surface area (Å²) in [6.45, 7) is 11.2. The number of amides is 1. The number of ether oxygens (including phenoxy) is 1. The molecule has 194 valence electrons. The largest absolute Gasteiger partial charge is 0.381 e. The van der Waals surface area contributed by atoms with Crippen molar-refractivity contribution >= 4 is 27.6 Å². The zero-order chi connectivity index (χ0) is 25.5. The molecule has 1 unspecified atom stereocenters. The highest BCUT2D eigenvalue weighted by molar-refractivity contribution is 7.90. The molecule has 10 heteroatoms. The molecule has 0 bridgehead atoms. The summed E-state index contributed by atoms with van der Waals surface area (Å²) in [7, 11) is -4.18. The molecule has 1 atom stereocenters. The minimum absolute atomic E-state index is 0. The van der Waals surface area contributed by atoms with E-state index in [0.29, 0.717) is 30.7 Å². The average molecular weight is 506 g/mol. The summed E-state index contributed by atoms with van der Waals surface area (Å²) < 4.78 is 33.7. The van der Waals surface area contributed by atoms with Crippen molar-refractivity contribution in [1.29, 1.82) is 0 Å². The number of carbonyl (C=O) groups excluding carboxylic acids is 1. The van der Waals surface area contributed by atoms with Crippen LogP contribution in [0.25, 0.3) is 0 Å². The zero-order valence-corrected chi connectivity index (χ0v) is 21.9. The molecule has 0 saturated carbocycles. The van der Waals surface area contributed by atoms with Gasteiger partial charge in [-0.3, -0.25) is 4.79 Å². The van der Waals surface area contributed by atoms with Gasteiger partial charge in [-0.1, -0.05) is 26.3 Å². The molecule has 3 rings (SSSR count). The van der Waals surface area contributed by atoms with E-state index in [0.717, 1.165) is 38.8 Å². The summed E-state index contributed by atoms with van der Waals surface area (Å²) in [6, 6.07) is 7.88. The molecule has 2 aromatic heterocycles. The molecule has 1 fully saturated rings. The molecule has 0 aromatic carbocycles. The first-order valence-corrected chi connectivity index (χ1v) is 13.7. The second-order valence-electron chi connectivity index (χ2n) is 9.65. The molecule has 1 saturated heterocycles. The fraction of sp³-hybridized carbons (Fsp3) is 0.560. The van der Waals surface area contributed by atoms with E-state index < -0.39 is 15.9 Å². The van der Waals surface area contributed by atoms with Gasteiger partial charge in [0.15, 0.2) is 5.03 Å². The molecule has 3 heterocycles. The zero-order valence-electron chi connectivity index (χ0n) is 21.1. The standard InChI is InChI=1S/C25H37N5O4S.H2/c1-5-6-15-34-16-9-14-26-21-11-7-12-22(28-21)35(32,33)29-24(31)20-10-8-13-27-23(20)30-18-19(2)17-25(30,3)4;/h7-8,10-13,19H,5-6,9,14-18H2,1-4H3,(H,26,28)(H,29,31);1H. The van der Waals surface area contributed by atoms with Crippen molar-refractivity contribution in [1.82, 2.24) is 14.7 Å². The van der Waals surface area contributed by atoms with E-state index in [4.69, 9.17) is 4.74 Å². The maximum absolute atomic E-state index is 13.1. The van der Waals surface area contributed by atoms with Gasteiger partial charge in [0.2, 0.25) is 0 Å². The second-order valence-corrected chi connectivity index (χ2v) is 11.3. The van der Waals surface area contributed by atoms with E-state index >= 15 is 0 Å². The van der Waals surface area contributed by atoms with Gasteiger partial charge in [0.1, 0.15) is 11.6 Å². The Bertz CT molecular complexity index is 1110. The lowest BCUT2D eigenvalue weighted by atomic mass is 9.97. The van der Waals surface area contributed by atoms with Gasteiger partial charge < -0.3 is 15.0 Å². The van der Waals surface area contributed by atoms with Gasteiger partial charge in [-0.15, -0.1) is 0 Å². The number of sulfonamides is 1. The third kappa shape index (κ3) is 7.14. The minimum Gasteiger partial charge on any atom is -0.381 e. The molecule has 2 aromatic rings. The van der Waals surface area contributed by atoms with Crippen LogP contribution in [0.3, 0.4) is 0 Å². The van der Waals surface area contributed by atoms with Crippen LogP contribution in [0.4, 0.5) is 11.6 Å². The number of aromatic nitrogens is 2. The van der Waals surface area contributed by atoms with Crippen LogP contribution < -0.4 is 14.9 Å². The third-order valence-electron chi connectivity index (χ3n) is 6.00. The number of pyridine rings is 2. The molecule has 0 aliphatic carbocycles. The van der Waals surface area contributed by atoms with E-state index in [2.05, 4.69) is 52.6 Å². The normalized spacial score (nSPS) is 17.4. The minimum atomic E-state index is -4.18. The summed E-state index contributed by atoms with van der Waals surface area (Å²) >= 11 is 0. The smallest absolute Gasteiger partial charge is 0.281 e. The predicted molar refractivity (Wildman–Crippen MR) is 139 cm³/mol. The number of anilines is 2. The first-order valence-electron chi connectivity index (χ1n) is 12.2. The van der Waals surface area contributed by atoms with Crippen LogP contribution in [0, 0.1) is 5.92 Å². The van der Waals surface area contributed by atoms with Crippen LogP contribution in [0.5, 0.6) is 0 Å². The molecular weight excluding hydrogens is 466 g/mol. The second kappa shape index (κ2) is 11.8. The molecule has 0 spiro atoms. The molecule has 35 heavy (non-hydrogen) atoms. The van der Waals surface area contributed by atoms with E-state index in [-0.39, 0.29) is 17.6 Å². The Kier molecular flexibility index (Phi) is 9.07. The summed E-state index contributed by atoms with van der Waals surface area (Å²) in [5, 5.41) is 2.88. The highest BCUT2D eigenvalue weighted by Gasteiger charge is 2.39. The van der Waals surface area contributed by atoms with Crippen molar-refractivity contribution < 1.29 is 19.4 Å². The number of hydrogen-bond donors (Lipinski definition) is 2. The molecule has 1 aliphatic rings. The number of carbonyl (C=O) groups is 1.